The fraction of sp³-hybridized carbons (Fsp3) is 0.474. The average Bonchev–Trinajstić information content (AvgIpc) is 3.15. The number of hydrazine groups is 1. The maximum atomic E-state index is 5.88. The molecule has 4 unspecified atom stereocenters. The van der Waals surface area contributed by atoms with Crippen molar-refractivity contribution in [3.05, 3.63) is 48.0 Å². The molecule has 0 amide bonds. The lowest BCUT2D eigenvalue weighted by molar-refractivity contribution is 0.280. The van der Waals surface area contributed by atoms with Gasteiger partial charge >= 0.3 is 0 Å². The standard InChI is InChI=1S/C19H24N2/c20-21-19(12-18-10-13-5-6-16(18)9-13)17-8-7-14-3-1-2-4-15(14)11-17/h1-4,7-8,11,13,16,18-19,21H,5-6,9-10,12,20H2. The lowest BCUT2D eigenvalue weighted by Gasteiger charge is -2.26. The molecule has 4 rings (SSSR count). The van der Waals surface area contributed by atoms with Gasteiger partial charge in [-0.15, -0.1) is 0 Å². The van der Waals surface area contributed by atoms with Gasteiger partial charge in [-0.2, -0.15) is 0 Å². The molecule has 2 heteroatoms. The molecule has 2 bridgehead atoms. The maximum Gasteiger partial charge on any atom is 0.0462 e. The molecule has 0 heterocycles. The molecule has 0 aromatic heterocycles. The molecule has 2 aliphatic rings. The molecule has 2 saturated carbocycles. The lowest BCUT2D eigenvalue weighted by atomic mass is 9.82. The Balaban J connectivity index is 1.56. The third-order valence-electron chi connectivity index (χ3n) is 5.80. The first-order valence-electron chi connectivity index (χ1n) is 8.28. The van der Waals surface area contributed by atoms with Crippen molar-refractivity contribution in [2.75, 3.05) is 0 Å². The SMILES string of the molecule is NNC(CC1CC2CCC1C2)c1ccc2ccccc2c1. The Morgan fingerprint density at radius 2 is 1.90 bits per heavy atom. The van der Waals surface area contributed by atoms with Gasteiger partial charge in [0.05, 0.1) is 0 Å². The van der Waals surface area contributed by atoms with Gasteiger partial charge in [-0.1, -0.05) is 42.8 Å². The van der Waals surface area contributed by atoms with Crippen LogP contribution in [0.4, 0.5) is 0 Å². The van der Waals surface area contributed by atoms with Crippen molar-refractivity contribution >= 4 is 10.8 Å². The van der Waals surface area contributed by atoms with Crippen LogP contribution in [0, 0.1) is 17.8 Å². The van der Waals surface area contributed by atoms with E-state index in [1.54, 1.807) is 0 Å². The van der Waals surface area contributed by atoms with Crippen LogP contribution in [-0.4, -0.2) is 0 Å². The molecule has 4 atom stereocenters. The van der Waals surface area contributed by atoms with Gasteiger partial charge in [-0.05, 0) is 65.8 Å². The molecule has 3 N–H and O–H groups in total. The van der Waals surface area contributed by atoms with Gasteiger partial charge in [0, 0.05) is 6.04 Å². The van der Waals surface area contributed by atoms with Crippen molar-refractivity contribution in [2.24, 2.45) is 23.6 Å². The number of rotatable bonds is 4. The van der Waals surface area contributed by atoms with Gasteiger partial charge in [-0.3, -0.25) is 11.3 Å². The highest BCUT2D eigenvalue weighted by atomic mass is 15.2. The van der Waals surface area contributed by atoms with E-state index in [2.05, 4.69) is 47.9 Å². The number of hydrogen-bond donors (Lipinski definition) is 2. The second kappa shape index (κ2) is 5.43. The molecule has 0 spiro atoms. The zero-order chi connectivity index (χ0) is 14.2. The van der Waals surface area contributed by atoms with Gasteiger partial charge in [0.15, 0.2) is 0 Å². The normalized spacial score (nSPS) is 29.1. The highest BCUT2D eigenvalue weighted by molar-refractivity contribution is 5.83. The van der Waals surface area contributed by atoms with Crippen LogP contribution in [0.25, 0.3) is 10.8 Å². The molecule has 2 nitrogen and oxygen atoms in total. The van der Waals surface area contributed by atoms with E-state index in [-0.39, 0.29) is 0 Å². The zero-order valence-electron chi connectivity index (χ0n) is 12.5. The third-order valence-corrected chi connectivity index (χ3v) is 5.80. The van der Waals surface area contributed by atoms with Gasteiger partial charge in [0.25, 0.3) is 0 Å². The number of benzene rings is 2. The molecule has 2 aromatic rings. The first kappa shape index (κ1) is 13.3. The topological polar surface area (TPSA) is 38.0 Å². The molecule has 0 radical (unpaired) electrons. The summed E-state index contributed by atoms with van der Waals surface area (Å²) >= 11 is 0. The summed E-state index contributed by atoms with van der Waals surface area (Å²) in [4.78, 5) is 0. The molecule has 2 fully saturated rings. The number of nitrogens with one attached hydrogen (secondary N) is 1. The van der Waals surface area contributed by atoms with Crippen LogP contribution in [0.2, 0.25) is 0 Å². The minimum absolute atomic E-state index is 0.291. The van der Waals surface area contributed by atoms with Crippen molar-refractivity contribution in [1.29, 1.82) is 0 Å². The van der Waals surface area contributed by atoms with Gasteiger partial charge < -0.3 is 0 Å². The molecule has 110 valence electrons. The summed E-state index contributed by atoms with van der Waals surface area (Å²) in [5, 5.41) is 2.61. The fourth-order valence-corrected chi connectivity index (χ4v) is 4.69. The van der Waals surface area contributed by atoms with Gasteiger partial charge in [0.1, 0.15) is 0 Å². The van der Waals surface area contributed by atoms with E-state index in [0.29, 0.717) is 6.04 Å². The van der Waals surface area contributed by atoms with Gasteiger partial charge in [0.2, 0.25) is 0 Å². The highest BCUT2D eigenvalue weighted by Gasteiger charge is 2.40. The van der Waals surface area contributed by atoms with Crippen LogP contribution in [-0.2, 0) is 0 Å². The second-order valence-corrected chi connectivity index (χ2v) is 7.00. The largest absolute Gasteiger partial charge is 0.271 e. The molecule has 0 saturated heterocycles. The first-order chi connectivity index (χ1) is 10.3. The summed E-state index contributed by atoms with van der Waals surface area (Å²) < 4.78 is 0. The molecule has 0 aliphatic heterocycles. The molecular formula is C19H24N2. The summed E-state index contributed by atoms with van der Waals surface area (Å²) in [6.07, 6.45) is 7.01. The lowest BCUT2D eigenvalue weighted by Crippen LogP contribution is -2.30. The van der Waals surface area contributed by atoms with Crippen molar-refractivity contribution in [1.82, 2.24) is 5.43 Å². The van der Waals surface area contributed by atoms with Crippen LogP contribution >= 0.6 is 0 Å². The minimum atomic E-state index is 0.291. The maximum absolute atomic E-state index is 5.88. The quantitative estimate of drug-likeness (QED) is 0.651. The molecular weight excluding hydrogens is 256 g/mol. The van der Waals surface area contributed by atoms with Crippen LogP contribution in [0.3, 0.4) is 0 Å². The smallest absolute Gasteiger partial charge is 0.0462 e. The molecule has 2 aromatic carbocycles. The van der Waals surface area contributed by atoms with Crippen LogP contribution in [0.5, 0.6) is 0 Å². The second-order valence-electron chi connectivity index (χ2n) is 7.00. The van der Waals surface area contributed by atoms with Gasteiger partial charge in [-0.25, -0.2) is 0 Å². The summed E-state index contributed by atoms with van der Waals surface area (Å²) in [5.74, 6) is 8.72. The Labute approximate surface area is 126 Å². The van der Waals surface area contributed by atoms with E-state index in [4.69, 9.17) is 5.84 Å². The van der Waals surface area contributed by atoms with Crippen LogP contribution in [0.15, 0.2) is 42.5 Å². The number of hydrogen-bond acceptors (Lipinski definition) is 2. The summed E-state index contributed by atoms with van der Waals surface area (Å²) in [6, 6.07) is 15.6. The summed E-state index contributed by atoms with van der Waals surface area (Å²) in [6.45, 7) is 0. The molecule has 2 aliphatic carbocycles. The van der Waals surface area contributed by atoms with E-state index in [1.165, 1.54) is 48.4 Å². The predicted molar refractivity (Wildman–Crippen MR) is 87.6 cm³/mol. The van der Waals surface area contributed by atoms with E-state index >= 15 is 0 Å². The summed E-state index contributed by atoms with van der Waals surface area (Å²) in [5.41, 5.74) is 4.40. The zero-order valence-corrected chi connectivity index (χ0v) is 12.5. The average molecular weight is 280 g/mol. The highest BCUT2D eigenvalue weighted by Crippen LogP contribution is 2.50. The fourth-order valence-electron chi connectivity index (χ4n) is 4.69. The predicted octanol–water partition coefficient (Wildman–Crippen LogP) is 4.17. The molecule has 21 heavy (non-hydrogen) atoms. The van der Waals surface area contributed by atoms with Crippen LogP contribution < -0.4 is 11.3 Å². The Bertz CT molecular complexity index is 636. The van der Waals surface area contributed by atoms with E-state index < -0.39 is 0 Å². The van der Waals surface area contributed by atoms with Crippen molar-refractivity contribution < 1.29 is 0 Å². The number of fused-ring (bicyclic) bond motifs is 3. The van der Waals surface area contributed by atoms with E-state index in [9.17, 15) is 0 Å². The van der Waals surface area contributed by atoms with Crippen molar-refractivity contribution in [3.63, 3.8) is 0 Å². The van der Waals surface area contributed by atoms with Crippen LogP contribution in [0.1, 0.15) is 43.7 Å². The Morgan fingerprint density at radius 3 is 2.62 bits per heavy atom. The Morgan fingerprint density at radius 1 is 1.05 bits per heavy atom. The van der Waals surface area contributed by atoms with E-state index in [1.807, 2.05) is 0 Å². The minimum Gasteiger partial charge on any atom is -0.271 e. The Kier molecular flexibility index (Phi) is 3.44. The van der Waals surface area contributed by atoms with Crippen molar-refractivity contribution in [3.8, 4) is 0 Å². The number of nitrogens with two attached hydrogens (primary N) is 1. The summed E-state index contributed by atoms with van der Waals surface area (Å²) in [7, 11) is 0. The van der Waals surface area contributed by atoms with E-state index in [0.717, 1.165) is 17.8 Å². The Hall–Kier alpha value is -1.38. The third kappa shape index (κ3) is 2.47. The monoisotopic (exact) mass is 280 g/mol. The van der Waals surface area contributed by atoms with Crippen molar-refractivity contribution in [2.45, 2.75) is 38.1 Å². The first-order valence-corrected chi connectivity index (χ1v) is 8.28.